The molecule has 1 unspecified atom stereocenters. The molecule has 1 aliphatic rings. The zero-order valence-electron chi connectivity index (χ0n) is 8.81. The quantitative estimate of drug-likeness (QED) is 0.533. The molecular formula is C9H11N3O4S. The molecule has 0 fully saturated rings. The van der Waals surface area contributed by atoms with Gasteiger partial charge >= 0.3 is 17.3 Å². The first-order valence-corrected chi connectivity index (χ1v) is 5.63. The van der Waals surface area contributed by atoms with E-state index in [1.807, 2.05) is 0 Å². The van der Waals surface area contributed by atoms with Crippen LogP contribution in [0.1, 0.15) is 6.04 Å². The Morgan fingerprint density at radius 2 is 2.18 bits per heavy atom. The van der Waals surface area contributed by atoms with Gasteiger partial charge in [-0.15, -0.1) is 0 Å². The van der Waals surface area contributed by atoms with Gasteiger partial charge in [0.15, 0.2) is 6.04 Å². The number of hydrogen-bond donors (Lipinski definition) is 2. The molecule has 0 saturated carbocycles. The number of aromatic nitrogens is 3. The van der Waals surface area contributed by atoms with E-state index in [9.17, 15) is 14.4 Å². The van der Waals surface area contributed by atoms with Gasteiger partial charge in [-0.3, -0.25) is 0 Å². The number of thiol groups is 1. The first-order chi connectivity index (χ1) is 8.07. The number of carbonyl (C=O) groups is 1. The molecule has 17 heavy (non-hydrogen) atoms. The predicted octanol–water partition coefficient (Wildman–Crippen LogP) is -1.06. The molecular weight excluding hydrogens is 246 g/mol. The van der Waals surface area contributed by atoms with Crippen LogP contribution in [0.2, 0.25) is 0 Å². The normalized spacial score (nSPS) is 18.1. The Bertz CT molecular complexity index is 594. The maximum absolute atomic E-state index is 11.9. The third kappa shape index (κ3) is 1.74. The summed E-state index contributed by atoms with van der Waals surface area (Å²) in [4.78, 5) is 34.7. The molecule has 8 heteroatoms. The Kier molecular flexibility index (Phi) is 2.97. The molecule has 0 bridgehead atoms. The smallest absolute Gasteiger partial charge is 0.348 e. The van der Waals surface area contributed by atoms with Crippen molar-refractivity contribution in [3.8, 4) is 0 Å². The van der Waals surface area contributed by atoms with Gasteiger partial charge in [-0.25, -0.2) is 28.3 Å². The number of hydrogen-bond acceptors (Lipinski definition) is 4. The van der Waals surface area contributed by atoms with Crippen molar-refractivity contribution in [3.63, 3.8) is 0 Å². The van der Waals surface area contributed by atoms with Gasteiger partial charge in [0.25, 0.3) is 0 Å². The van der Waals surface area contributed by atoms with Crippen molar-refractivity contribution in [2.24, 2.45) is 0 Å². The number of aliphatic carboxylic acids is 1. The molecule has 1 atom stereocenters. The number of carboxylic acid groups (broad SMARTS) is 1. The van der Waals surface area contributed by atoms with Gasteiger partial charge in [-0.1, -0.05) is 12.2 Å². The van der Waals surface area contributed by atoms with Crippen LogP contribution in [0.15, 0.2) is 21.7 Å². The van der Waals surface area contributed by atoms with Crippen LogP contribution >= 0.6 is 12.6 Å². The number of allylic oxidation sites excluding steroid dienone is 1. The van der Waals surface area contributed by atoms with Crippen molar-refractivity contribution < 1.29 is 9.90 Å². The molecule has 1 aromatic heterocycles. The lowest BCUT2D eigenvalue weighted by Crippen LogP contribution is -2.36. The molecule has 1 aromatic rings. The van der Waals surface area contributed by atoms with E-state index in [0.717, 1.165) is 13.9 Å². The van der Waals surface area contributed by atoms with Crippen molar-refractivity contribution in [1.29, 1.82) is 0 Å². The molecule has 0 aliphatic carbocycles. The third-order valence-corrected chi connectivity index (χ3v) is 2.78. The van der Waals surface area contributed by atoms with Gasteiger partial charge in [0.05, 0.1) is 6.54 Å². The van der Waals surface area contributed by atoms with Crippen LogP contribution < -0.4 is 11.4 Å². The molecule has 0 aromatic carbocycles. The first-order valence-electron chi connectivity index (χ1n) is 5.00. The fourth-order valence-electron chi connectivity index (χ4n) is 1.82. The summed E-state index contributed by atoms with van der Waals surface area (Å²) < 4.78 is 3.09. The number of rotatable bonds is 3. The Balaban J connectivity index is 2.66. The van der Waals surface area contributed by atoms with Crippen LogP contribution in [0.5, 0.6) is 0 Å². The van der Waals surface area contributed by atoms with Gasteiger partial charge < -0.3 is 5.11 Å². The van der Waals surface area contributed by atoms with Crippen LogP contribution in [0, 0.1) is 0 Å². The second-order valence-corrected chi connectivity index (χ2v) is 4.03. The Labute approximate surface area is 101 Å². The second-order valence-electron chi connectivity index (χ2n) is 3.58. The Morgan fingerprint density at radius 3 is 2.76 bits per heavy atom. The number of fused-ring (bicyclic) bond motifs is 1. The highest BCUT2D eigenvalue weighted by Gasteiger charge is 2.27. The Morgan fingerprint density at radius 1 is 1.47 bits per heavy atom. The average Bonchev–Trinajstić information content (AvgIpc) is 2.55. The summed E-state index contributed by atoms with van der Waals surface area (Å²) in [5, 5.41) is 8.99. The predicted molar refractivity (Wildman–Crippen MR) is 62.6 cm³/mol. The monoisotopic (exact) mass is 257 g/mol. The minimum atomic E-state index is -1.17. The fraction of sp³-hybridized carbons (Fsp3) is 0.444. The van der Waals surface area contributed by atoms with Gasteiger partial charge in [0.2, 0.25) is 0 Å². The summed E-state index contributed by atoms with van der Waals surface area (Å²) in [6.45, 7) is 0.373. The van der Waals surface area contributed by atoms with E-state index in [1.165, 1.54) is 6.08 Å². The first kappa shape index (κ1) is 11.8. The lowest BCUT2D eigenvalue weighted by Gasteiger charge is -2.16. The molecule has 2 heterocycles. The van der Waals surface area contributed by atoms with Crippen molar-refractivity contribution in [2.75, 3.05) is 5.75 Å². The lowest BCUT2D eigenvalue weighted by atomic mass is 10.2. The summed E-state index contributed by atoms with van der Waals surface area (Å²) >= 11 is 3.96. The van der Waals surface area contributed by atoms with Crippen LogP contribution in [-0.4, -0.2) is 30.8 Å². The highest BCUT2D eigenvalue weighted by Crippen LogP contribution is 2.09. The van der Waals surface area contributed by atoms with E-state index >= 15 is 0 Å². The molecule has 0 spiro atoms. The SMILES string of the molecule is O=C(O)C1C=CCn2c(=O)n(CCS)c(=O)n21. The van der Waals surface area contributed by atoms with Crippen LogP contribution in [0.3, 0.4) is 0 Å². The van der Waals surface area contributed by atoms with Gasteiger partial charge in [0, 0.05) is 12.3 Å². The molecule has 0 radical (unpaired) electrons. The summed E-state index contributed by atoms with van der Waals surface area (Å²) in [5.74, 6) is -0.829. The van der Waals surface area contributed by atoms with Crippen LogP contribution in [-0.2, 0) is 17.9 Å². The zero-order chi connectivity index (χ0) is 12.6. The van der Waals surface area contributed by atoms with Crippen molar-refractivity contribution >= 4 is 18.6 Å². The molecule has 0 saturated heterocycles. The summed E-state index contributed by atoms with van der Waals surface area (Å²) in [6.07, 6.45) is 2.96. The van der Waals surface area contributed by atoms with Crippen molar-refractivity contribution in [1.82, 2.24) is 13.9 Å². The number of carboxylic acids is 1. The maximum atomic E-state index is 11.9. The Hall–Kier alpha value is -1.70. The third-order valence-electron chi connectivity index (χ3n) is 2.58. The molecule has 1 aliphatic heterocycles. The van der Waals surface area contributed by atoms with E-state index in [4.69, 9.17) is 5.11 Å². The van der Waals surface area contributed by atoms with Crippen LogP contribution in [0.4, 0.5) is 0 Å². The zero-order valence-corrected chi connectivity index (χ0v) is 9.71. The van der Waals surface area contributed by atoms with E-state index in [0.29, 0.717) is 5.75 Å². The fourth-order valence-corrected chi connectivity index (χ4v) is 2.02. The number of nitrogens with zero attached hydrogens (tertiary/aromatic N) is 3. The minimum Gasteiger partial charge on any atom is -0.479 e. The van der Waals surface area contributed by atoms with Gasteiger partial charge in [-0.2, -0.15) is 12.6 Å². The topological polar surface area (TPSA) is 86.2 Å². The summed E-state index contributed by atoms with van der Waals surface area (Å²) in [7, 11) is 0. The molecule has 1 N–H and O–H groups in total. The van der Waals surface area contributed by atoms with Crippen LogP contribution in [0.25, 0.3) is 0 Å². The molecule has 7 nitrogen and oxygen atoms in total. The average molecular weight is 257 g/mol. The van der Waals surface area contributed by atoms with Crippen molar-refractivity contribution in [2.45, 2.75) is 19.1 Å². The molecule has 2 rings (SSSR count). The summed E-state index contributed by atoms with van der Waals surface area (Å²) in [5.41, 5.74) is -1.11. The lowest BCUT2D eigenvalue weighted by molar-refractivity contribution is -0.140. The van der Waals surface area contributed by atoms with Gasteiger partial charge in [0.1, 0.15) is 0 Å². The van der Waals surface area contributed by atoms with E-state index in [2.05, 4.69) is 12.6 Å². The van der Waals surface area contributed by atoms with E-state index in [-0.39, 0.29) is 13.1 Å². The standard InChI is InChI=1S/C9H11N3O4S/c13-7(14)6-2-1-3-11-8(15)10(4-5-17)9(16)12(6)11/h1-2,6,17H,3-5H2,(H,13,14). The minimum absolute atomic E-state index is 0.167. The largest absolute Gasteiger partial charge is 0.479 e. The second kappa shape index (κ2) is 4.28. The van der Waals surface area contributed by atoms with Crippen molar-refractivity contribution in [3.05, 3.63) is 33.1 Å². The van der Waals surface area contributed by atoms with E-state index in [1.54, 1.807) is 6.08 Å². The molecule has 0 amide bonds. The van der Waals surface area contributed by atoms with E-state index < -0.39 is 23.4 Å². The maximum Gasteiger partial charge on any atom is 0.348 e. The highest BCUT2D eigenvalue weighted by atomic mass is 32.1. The van der Waals surface area contributed by atoms with Gasteiger partial charge in [-0.05, 0) is 0 Å². The summed E-state index contributed by atoms with van der Waals surface area (Å²) in [6, 6.07) is -1.12. The highest BCUT2D eigenvalue weighted by molar-refractivity contribution is 7.80. The molecule has 92 valence electrons.